The van der Waals surface area contributed by atoms with Gasteiger partial charge in [-0.2, -0.15) is 0 Å². The highest BCUT2D eigenvalue weighted by atomic mass is 32.2. The van der Waals surface area contributed by atoms with Crippen molar-refractivity contribution in [1.29, 1.82) is 0 Å². The molecule has 2 nitrogen and oxygen atoms in total. The van der Waals surface area contributed by atoms with E-state index in [9.17, 15) is 13.6 Å². The summed E-state index contributed by atoms with van der Waals surface area (Å²) in [6, 6.07) is 11.4. The molecule has 25 heavy (non-hydrogen) atoms. The maximum Gasteiger partial charge on any atom is 0.219 e. The topological polar surface area (TPSA) is 20.3 Å². The van der Waals surface area contributed by atoms with Crippen LogP contribution in [0.2, 0.25) is 0 Å². The van der Waals surface area contributed by atoms with E-state index in [1.165, 1.54) is 12.1 Å². The summed E-state index contributed by atoms with van der Waals surface area (Å²) in [5.41, 5.74) is 1.16. The summed E-state index contributed by atoms with van der Waals surface area (Å²) >= 11 is 1.79. The SMILES string of the molecule is CC(=O)N1CCC(CSc2ccc(-c3ccc(F)cc3F)cc2)CC1. The van der Waals surface area contributed by atoms with Crippen molar-refractivity contribution in [3.8, 4) is 11.1 Å². The van der Waals surface area contributed by atoms with Crippen molar-refractivity contribution in [3.63, 3.8) is 0 Å². The van der Waals surface area contributed by atoms with Crippen molar-refractivity contribution >= 4 is 17.7 Å². The highest BCUT2D eigenvalue weighted by molar-refractivity contribution is 7.99. The lowest BCUT2D eigenvalue weighted by molar-refractivity contribution is -0.130. The van der Waals surface area contributed by atoms with Gasteiger partial charge in [0.1, 0.15) is 11.6 Å². The van der Waals surface area contributed by atoms with E-state index in [1.54, 1.807) is 18.7 Å². The molecule has 0 saturated carbocycles. The molecule has 0 aliphatic carbocycles. The number of piperidine rings is 1. The monoisotopic (exact) mass is 361 g/mol. The summed E-state index contributed by atoms with van der Waals surface area (Å²) in [6.07, 6.45) is 2.09. The summed E-state index contributed by atoms with van der Waals surface area (Å²) < 4.78 is 26.9. The van der Waals surface area contributed by atoms with Crippen LogP contribution < -0.4 is 0 Å². The fourth-order valence-electron chi connectivity index (χ4n) is 3.08. The largest absolute Gasteiger partial charge is 0.343 e. The normalized spacial score (nSPS) is 15.4. The third kappa shape index (κ3) is 4.60. The standard InChI is InChI=1S/C20H21F2NOS/c1-14(24)23-10-8-15(9-11-23)13-25-18-5-2-16(3-6-18)19-7-4-17(21)12-20(19)22/h2-7,12,15H,8-11,13H2,1H3. The Labute approximate surface area is 151 Å². The van der Waals surface area contributed by atoms with Gasteiger partial charge in [-0.25, -0.2) is 8.78 Å². The highest BCUT2D eigenvalue weighted by Gasteiger charge is 2.20. The zero-order chi connectivity index (χ0) is 17.8. The third-order valence-corrected chi connectivity index (χ3v) is 5.89. The van der Waals surface area contributed by atoms with Crippen molar-refractivity contribution in [2.24, 2.45) is 5.92 Å². The summed E-state index contributed by atoms with van der Waals surface area (Å²) in [6.45, 7) is 3.33. The van der Waals surface area contributed by atoms with Crippen LogP contribution in [-0.4, -0.2) is 29.6 Å². The van der Waals surface area contributed by atoms with Crippen molar-refractivity contribution in [1.82, 2.24) is 4.90 Å². The number of carbonyl (C=O) groups is 1. The van der Waals surface area contributed by atoms with Gasteiger partial charge in [-0.05, 0) is 48.6 Å². The van der Waals surface area contributed by atoms with Gasteiger partial charge < -0.3 is 4.90 Å². The number of carbonyl (C=O) groups excluding carboxylic acids is 1. The van der Waals surface area contributed by atoms with Gasteiger partial charge in [0.25, 0.3) is 0 Å². The van der Waals surface area contributed by atoms with E-state index in [-0.39, 0.29) is 5.91 Å². The van der Waals surface area contributed by atoms with Crippen molar-refractivity contribution in [2.45, 2.75) is 24.7 Å². The van der Waals surface area contributed by atoms with Gasteiger partial charge in [-0.1, -0.05) is 12.1 Å². The number of amides is 1. The first-order valence-corrected chi connectivity index (χ1v) is 9.45. The predicted octanol–water partition coefficient (Wildman–Crippen LogP) is 4.98. The van der Waals surface area contributed by atoms with Crippen LogP contribution in [0.25, 0.3) is 11.1 Å². The fraction of sp³-hybridized carbons (Fsp3) is 0.350. The molecule has 0 N–H and O–H groups in total. The Kier molecular flexibility index (Phi) is 5.74. The summed E-state index contributed by atoms with van der Waals surface area (Å²) in [4.78, 5) is 14.4. The second kappa shape index (κ2) is 8.00. The number of halogens is 2. The minimum atomic E-state index is -0.566. The van der Waals surface area contributed by atoms with E-state index in [1.807, 2.05) is 29.2 Å². The van der Waals surface area contributed by atoms with Crippen molar-refractivity contribution < 1.29 is 13.6 Å². The van der Waals surface area contributed by atoms with Crippen molar-refractivity contribution in [2.75, 3.05) is 18.8 Å². The average molecular weight is 361 g/mol. The molecule has 0 spiro atoms. The minimum absolute atomic E-state index is 0.162. The zero-order valence-corrected chi connectivity index (χ0v) is 15.0. The maximum atomic E-state index is 13.8. The van der Waals surface area contributed by atoms with Gasteiger partial charge in [-0.15, -0.1) is 11.8 Å². The number of thioether (sulfide) groups is 1. The smallest absolute Gasteiger partial charge is 0.219 e. The lowest BCUT2D eigenvalue weighted by Crippen LogP contribution is -2.37. The Morgan fingerprint density at radius 2 is 1.80 bits per heavy atom. The van der Waals surface area contributed by atoms with E-state index in [4.69, 9.17) is 0 Å². The highest BCUT2D eigenvalue weighted by Crippen LogP contribution is 2.29. The van der Waals surface area contributed by atoms with Crippen LogP contribution in [0.5, 0.6) is 0 Å². The molecule has 1 fully saturated rings. The van der Waals surface area contributed by atoms with Crippen LogP contribution in [0.15, 0.2) is 47.4 Å². The van der Waals surface area contributed by atoms with Gasteiger partial charge in [0.15, 0.2) is 0 Å². The van der Waals surface area contributed by atoms with E-state index >= 15 is 0 Å². The molecule has 132 valence electrons. The molecular weight excluding hydrogens is 340 g/mol. The van der Waals surface area contributed by atoms with Gasteiger partial charge in [0, 0.05) is 42.3 Å². The van der Waals surface area contributed by atoms with Crippen LogP contribution in [0, 0.1) is 17.6 Å². The second-order valence-corrected chi connectivity index (χ2v) is 7.50. The summed E-state index contributed by atoms with van der Waals surface area (Å²) in [5, 5.41) is 0. The minimum Gasteiger partial charge on any atom is -0.343 e. The van der Waals surface area contributed by atoms with Crippen LogP contribution in [0.1, 0.15) is 19.8 Å². The molecule has 0 aromatic heterocycles. The van der Waals surface area contributed by atoms with Gasteiger partial charge in [0.05, 0.1) is 0 Å². The summed E-state index contributed by atoms with van der Waals surface area (Å²) in [7, 11) is 0. The molecule has 0 bridgehead atoms. The van der Waals surface area contributed by atoms with Crippen molar-refractivity contribution in [3.05, 3.63) is 54.1 Å². The Hall–Kier alpha value is -1.88. The van der Waals surface area contributed by atoms with Crippen LogP contribution in [0.3, 0.4) is 0 Å². The first-order chi connectivity index (χ1) is 12.0. The lowest BCUT2D eigenvalue weighted by Gasteiger charge is -2.31. The molecule has 3 rings (SSSR count). The molecule has 1 aliphatic rings. The molecule has 2 aromatic carbocycles. The zero-order valence-electron chi connectivity index (χ0n) is 14.2. The maximum absolute atomic E-state index is 13.8. The molecule has 0 radical (unpaired) electrons. The number of hydrogen-bond acceptors (Lipinski definition) is 2. The third-order valence-electron chi connectivity index (χ3n) is 4.64. The fourth-order valence-corrected chi connectivity index (χ4v) is 4.17. The van der Waals surface area contributed by atoms with Crippen LogP contribution in [0.4, 0.5) is 8.78 Å². The number of benzene rings is 2. The Morgan fingerprint density at radius 3 is 2.40 bits per heavy atom. The van der Waals surface area contributed by atoms with Crippen LogP contribution in [-0.2, 0) is 4.79 Å². The molecule has 1 heterocycles. The van der Waals surface area contributed by atoms with E-state index in [2.05, 4.69) is 0 Å². The molecule has 5 heteroatoms. The molecule has 1 amide bonds. The van der Waals surface area contributed by atoms with E-state index in [0.717, 1.165) is 48.2 Å². The van der Waals surface area contributed by atoms with Crippen LogP contribution >= 0.6 is 11.8 Å². The number of nitrogens with zero attached hydrogens (tertiary/aromatic N) is 1. The Balaban J connectivity index is 1.56. The number of hydrogen-bond donors (Lipinski definition) is 0. The molecule has 0 atom stereocenters. The first-order valence-electron chi connectivity index (χ1n) is 8.47. The molecule has 0 unspecified atom stereocenters. The number of rotatable bonds is 4. The molecular formula is C20H21F2NOS. The first kappa shape index (κ1) is 17.9. The quantitative estimate of drug-likeness (QED) is 0.716. The van der Waals surface area contributed by atoms with Gasteiger partial charge in [-0.3, -0.25) is 4.79 Å². The average Bonchev–Trinajstić information content (AvgIpc) is 2.61. The van der Waals surface area contributed by atoms with E-state index in [0.29, 0.717) is 11.5 Å². The Morgan fingerprint density at radius 1 is 1.12 bits per heavy atom. The van der Waals surface area contributed by atoms with Gasteiger partial charge >= 0.3 is 0 Å². The number of likely N-dealkylation sites (tertiary alicyclic amines) is 1. The Bertz CT molecular complexity index is 740. The van der Waals surface area contributed by atoms with E-state index < -0.39 is 11.6 Å². The predicted molar refractivity (Wildman–Crippen MR) is 97.5 cm³/mol. The lowest BCUT2D eigenvalue weighted by atomic mass is 9.99. The summed E-state index contributed by atoms with van der Waals surface area (Å²) in [5.74, 6) is 0.696. The molecule has 2 aromatic rings. The molecule has 1 aliphatic heterocycles. The van der Waals surface area contributed by atoms with Gasteiger partial charge in [0.2, 0.25) is 5.91 Å². The molecule has 1 saturated heterocycles. The second-order valence-electron chi connectivity index (χ2n) is 6.41.